The molecule has 0 radical (unpaired) electrons. The summed E-state index contributed by atoms with van der Waals surface area (Å²) in [6.45, 7) is 5.06. The zero-order chi connectivity index (χ0) is 16.9. The van der Waals surface area contributed by atoms with E-state index >= 15 is 0 Å². The Morgan fingerprint density at radius 1 is 1.25 bits per heavy atom. The third kappa shape index (κ3) is 3.49. The van der Waals surface area contributed by atoms with Crippen molar-refractivity contribution in [2.45, 2.75) is 32.5 Å². The van der Waals surface area contributed by atoms with Gasteiger partial charge in [-0.2, -0.15) is 10.2 Å². The fourth-order valence-electron chi connectivity index (χ4n) is 2.64. The molecule has 0 fully saturated rings. The smallest absolute Gasteiger partial charge is 0.118 e. The molecule has 2 N–H and O–H groups in total. The second-order valence-electron chi connectivity index (χ2n) is 5.89. The van der Waals surface area contributed by atoms with E-state index in [0.717, 1.165) is 29.1 Å². The molecule has 0 spiro atoms. The summed E-state index contributed by atoms with van der Waals surface area (Å²) in [6.07, 6.45) is 5.67. The predicted octanol–water partition coefficient (Wildman–Crippen LogP) is 3.02. The number of rotatable bonds is 7. The van der Waals surface area contributed by atoms with Gasteiger partial charge in [-0.1, -0.05) is 0 Å². The predicted molar refractivity (Wildman–Crippen MR) is 93.8 cm³/mol. The molecule has 2 heterocycles. The van der Waals surface area contributed by atoms with E-state index < -0.39 is 0 Å². The minimum absolute atomic E-state index is 0.274. The van der Waals surface area contributed by atoms with Crippen LogP contribution in [-0.2, 0) is 6.54 Å². The minimum Gasteiger partial charge on any atom is -0.497 e. The van der Waals surface area contributed by atoms with Gasteiger partial charge in [0, 0.05) is 36.1 Å². The van der Waals surface area contributed by atoms with Gasteiger partial charge in [-0.15, -0.1) is 0 Å². The summed E-state index contributed by atoms with van der Waals surface area (Å²) in [5.41, 5.74) is 3.27. The Kier molecular flexibility index (Phi) is 4.96. The molecular formula is C18H23N5O. The van der Waals surface area contributed by atoms with Crippen LogP contribution in [0.15, 0.2) is 48.9 Å². The van der Waals surface area contributed by atoms with Crippen LogP contribution in [0.2, 0.25) is 0 Å². The maximum absolute atomic E-state index is 5.21. The van der Waals surface area contributed by atoms with Gasteiger partial charge in [0.05, 0.1) is 25.0 Å². The molecule has 1 aromatic carbocycles. The van der Waals surface area contributed by atoms with Crippen molar-refractivity contribution in [1.82, 2.24) is 25.3 Å². The van der Waals surface area contributed by atoms with Crippen molar-refractivity contribution < 1.29 is 4.74 Å². The van der Waals surface area contributed by atoms with Crippen LogP contribution < -0.4 is 10.1 Å². The van der Waals surface area contributed by atoms with Gasteiger partial charge in [-0.25, -0.2) is 0 Å². The third-order valence-corrected chi connectivity index (χ3v) is 4.38. The fourth-order valence-corrected chi connectivity index (χ4v) is 2.64. The second kappa shape index (κ2) is 7.31. The first-order valence-corrected chi connectivity index (χ1v) is 8.08. The van der Waals surface area contributed by atoms with Crippen molar-refractivity contribution in [3.8, 4) is 17.0 Å². The molecule has 3 rings (SSSR count). The van der Waals surface area contributed by atoms with Crippen molar-refractivity contribution >= 4 is 0 Å². The van der Waals surface area contributed by atoms with Gasteiger partial charge in [-0.3, -0.25) is 9.78 Å². The van der Waals surface area contributed by atoms with E-state index in [0.29, 0.717) is 0 Å². The van der Waals surface area contributed by atoms with Crippen molar-refractivity contribution in [3.05, 3.63) is 54.5 Å². The van der Waals surface area contributed by atoms with E-state index in [9.17, 15) is 0 Å². The van der Waals surface area contributed by atoms with Gasteiger partial charge in [0.25, 0.3) is 0 Å². The van der Waals surface area contributed by atoms with Crippen molar-refractivity contribution in [2.24, 2.45) is 0 Å². The first kappa shape index (κ1) is 16.3. The summed E-state index contributed by atoms with van der Waals surface area (Å²) in [5, 5.41) is 15.2. The molecule has 6 heteroatoms. The fraction of sp³-hybridized carbons (Fsp3) is 0.333. The number of hydrogen-bond acceptors (Lipinski definition) is 4. The Labute approximate surface area is 141 Å². The third-order valence-electron chi connectivity index (χ3n) is 4.38. The number of aromatic amines is 1. The number of nitrogens with zero attached hydrogens (tertiary/aromatic N) is 3. The average Bonchev–Trinajstić information content (AvgIpc) is 3.30. The molecule has 0 aliphatic heterocycles. The van der Waals surface area contributed by atoms with Crippen LogP contribution >= 0.6 is 0 Å². The van der Waals surface area contributed by atoms with Gasteiger partial charge in [0.1, 0.15) is 5.75 Å². The Bertz CT molecular complexity index is 748. The number of methoxy groups -OCH3 is 1. The molecule has 6 nitrogen and oxygen atoms in total. The molecule has 3 aromatic rings. The highest BCUT2D eigenvalue weighted by Gasteiger charge is 2.15. The lowest BCUT2D eigenvalue weighted by Gasteiger charge is -2.21. The molecule has 126 valence electrons. The first-order chi connectivity index (χ1) is 11.7. The zero-order valence-electron chi connectivity index (χ0n) is 14.2. The number of aromatic nitrogens is 4. The molecule has 0 saturated heterocycles. The summed E-state index contributed by atoms with van der Waals surface area (Å²) < 4.78 is 7.18. The second-order valence-corrected chi connectivity index (χ2v) is 5.89. The lowest BCUT2D eigenvalue weighted by atomic mass is 10.1. The van der Waals surface area contributed by atoms with Crippen molar-refractivity contribution in [2.75, 3.05) is 7.11 Å². The normalized spacial score (nSPS) is 13.6. The highest BCUT2D eigenvalue weighted by atomic mass is 16.5. The van der Waals surface area contributed by atoms with Crippen LogP contribution in [0.5, 0.6) is 5.75 Å². The number of ether oxygens (including phenoxy) is 1. The van der Waals surface area contributed by atoms with Crippen LogP contribution in [0.1, 0.15) is 25.5 Å². The number of H-pyrrole nitrogens is 1. The zero-order valence-corrected chi connectivity index (χ0v) is 14.2. The van der Waals surface area contributed by atoms with Crippen LogP contribution in [-0.4, -0.2) is 33.1 Å². The monoisotopic (exact) mass is 325 g/mol. The molecule has 0 aliphatic carbocycles. The van der Waals surface area contributed by atoms with E-state index in [1.807, 2.05) is 47.4 Å². The van der Waals surface area contributed by atoms with Crippen molar-refractivity contribution in [3.63, 3.8) is 0 Å². The number of hydrogen-bond donors (Lipinski definition) is 2. The van der Waals surface area contributed by atoms with Gasteiger partial charge in [0.15, 0.2) is 0 Å². The Morgan fingerprint density at radius 2 is 2.04 bits per heavy atom. The summed E-state index contributed by atoms with van der Waals surface area (Å²) in [5.74, 6) is 0.847. The minimum atomic E-state index is 0.274. The van der Waals surface area contributed by atoms with E-state index in [1.165, 1.54) is 0 Å². The van der Waals surface area contributed by atoms with Crippen LogP contribution in [0.4, 0.5) is 0 Å². The van der Waals surface area contributed by atoms with Gasteiger partial charge < -0.3 is 10.1 Å². The maximum atomic E-state index is 5.21. The lowest BCUT2D eigenvalue weighted by molar-refractivity contribution is 0.365. The molecular weight excluding hydrogens is 302 g/mol. The molecule has 0 saturated carbocycles. The lowest BCUT2D eigenvalue weighted by Crippen LogP contribution is -2.33. The highest BCUT2D eigenvalue weighted by Crippen LogP contribution is 2.24. The first-order valence-electron chi connectivity index (χ1n) is 8.08. The summed E-state index contributed by atoms with van der Waals surface area (Å²) in [7, 11) is 1.67. The molecule has 24 heavy (non-hydrogen) atoms. The van der Waals surface area contributed by atoms with E-state index in [4.69, 9.17) is 4.74 Å². The average molecular weight is 325 g/mol. The van der Waals surface area contributed by atoms with E-state index in [-0.39, 0.29) is 12.1 Å². The molecule has 2 aromatic heterocycles. The topological polar surface area (TPSA) is 67.8 Å². The molecule has 0 amide bonds. The molecule has 2 atom stereocenters. The largest absolute Gasteiger partial charge is 0.497 e. The molecule has 2 unspecified atom stereocenters. The van der Waals surface area contributed by atoms with Crippen molar-refractivity contribution in [1.29, 1.82) is 0 Å². The molecule has 0 aliphatic rings. The Morgan fingerprint density at radius 3 is 2.71 bits per heavy atom. The standard InChI is InChI=1S/C18H23N5O/c1-13(14(2)23-10-4-9-21-23)19-11-16-12-20-22-18(16)15-5-7-17(24-3)8-6-15/h4-10,12-14,19H,11H2,1-3H3,(H,20,22). The van der Waals surface area contributed by atoms with Crippen LogP contribution in [0, 0.1) is 0 Å². The van der Waals surface area contributed by atoms with Gasteiger partial charge in [0.2, 0.25) is 0 Å². The SMILES string of the molecule is COc1ccc(-c2[nH]ncc2CNC(C)C(C)n2cccn2)cc1. The Balaban J connectivity index is 1.67. The quantitative estimate of drug-likeness (QED) is 0.701. The van der Waals surface area contributed by atoms with Gasteiger partial charge in [-0.05, 0) is 44.2 Å². The Hall–Kier alpha value is -2.60. The summed E-state index contributed by atoms with van der Waals surface area (Å²) >= 11 is 0. The number of benzene rings is 1. The van der Waals surface area contributed by atoms with Crippen LogP contribution in [0.25, 0.3) is 11.3 Å². The number of nitrogens with one attached hydrogen (secondary N) is 2. The van der Waals surface area contributed by atoms with E-state index in [2.05, 4.69) is 34.5 Å². The highest BCUT2D eigenvalue weighted by molar-refractivity contribution is 5.63. The van der Waals surface area contributed by atoms with Crippen LogP contribution in [0.3, 0.4) is 0 Å². The summed E-state index contributed by atoms with van der Waals surface area (Å²) in [6, 6.07) is 10.5. The van der Waals surface area contributed by atoms with Gasteiger partial charge >= 0.3 is 0 Å². The molecule has 0 bridgehead atoms. The maximum Gasteiger partial charge on any atom is 0.118 e. The van der Waals surface area contributed by atoms with E-state index in [1.54, 1.807) is 13.3 Å². The summed E-state index contributed by atoms with van der Waals surface area (Å²) in [4.78, 5) is 0.